The number of urea groups is 1. The minimum Gasteiger partial charge on any atom is -0.345 e. The number of amides is 3. The predicted molar refractivity (Wildman–Crippen MR) is 123 cm³/mol. The second-order valence-electron chi connectivity index (χ2n) is 8.00. The lowest BCUT2D eigenvalue weighted by molar-refractivity contribution is -0.134. The molecule has 2 aromatic carbocycles. The van der Waals surface area contributed by atoms with Crippen LogP contribution in [0, 0.1) is 5.82 Å². The smallest absolute Gasteiger partial charge is 0.345 e. The van der Waals surface area contributed by atoms with E-state index in [0.717, 1.165) is 11.9 Å². The van der Waals surface area contributed by atoms with Crippen LogP contribution in [0.25, 0.3) is 11.0 Å². The summed E-state index contributed by atoms with van der Waals surface area (Å²) in [7, 11) is 0. The number of carbonyl (C=O) groups excluding carboxylic acids is 2. The van der Waals surface area contributed by atoms with Crippen molar-refractivity contribution in [1.82, 2.24) is 20.0 Å². The first kappa shape index (κ1) is 21.4. The summed E-state index contributed by atoms with van der Waals surface area (Å²) in [6, 6.07) is 8.72. The molecular formula is C23H22ClFN6O2. The third-order valence-electron chi connectivity index (χ3n) is 5.84. The number of anilines is 1. The number of rotatable bonds is 5. The zero-order valence-electron chi connectivity index (χ0n) is 18.0. The van der Waals surface area contributed by atoms with Crippen LogP contribution in [0.5, 0.6) is 0 Å². The number of imidazole rings is 1. The third kappa shape index (κ3) is 3.62. The van der Waals surface area contributed by atoms with Gasteiger partial charge in [-0.15, -0.1) is 0 Å². The van der Waals surface area contributed by atoms with Crippen molar-refractivity contribution in [2.75, 3.05) is 18.0 Å². The van der Waals surface area contributed by atoms with E-state index < -0.39 is 17.9 Å². The number of nitrogens with one attached hydrogen (secondary N) is 1. The first-order chi connectivity index (χ1) is 16.0. The van der Waals surface area contributed by atoms with E-state index in [1.807, 2.05) is 13.0 Å². The number of nitrogens with zero attached hydrogens (tertiary/aromatic N) is 5. The van der Waals surface area contributed by atoms with Gasteiger partial charge in [-0.3, -0.25) is 14.7 Å². The minimum atomic E-state index is -0.736. The second kappa shape index (κ2) is 8.47. The molecule has 10 heteroatoms. The number of carbonyl (C=O) groups is 2. The van der Waals surface area contributed by atoms with Crippen LogP contribution in [0.1, 0.15) is 37.8 Å². The molecule has 3 aromatic rings. The van der Waals surface area contributed by atoms with Crippen molar-refractivity contribution in [3.05, 3.63) is 59.1 Å². The van der Waals surface area contributed by atoms with Crippen LogP contribution in [0.2, 0.25) is 5.02 Å². The molecule has 0 saturated carbocycles. The molecule has 2 aliphatic rings. The van der Waals surface area contributed by atoms with Gasteiger partial charge in [0.25, 0.3) is 0 Å². The van der Waals surface area contributed by atoms with Crippen molar-refractivity contribution in [3.8, 4) is 0 Å². The number of aromatic nitrogens is 2. The molecule has 2 saturated heterocycles. The van der Waals surface area contributed by atoms with Gasteiger partial charge < -0.3 is 4.98 Å². The monoisotopic (exact) mass is 468 g/mol. The fourth-order valence-corrected chi connectivity index (χ4v) is 4.42. The van der Waals surface area contributed by atoms with Crippen LogP contribution >= 0.6 is 11.6 Å². The zero-order chi connectivity index (χ0) is 23.1. The van der Waals surface area contributed by atoms with E-state index in [1.54, 1.807) is 24.5 Å². The van der Waals surface area contributed by atoms with Crippen LogP contribution in [0.4, 0.5) is 14.9 Å². The molecule has 1 aromatic heterocycles. The van der Waals surface area contributed by atoms with E-state index in [-0.39, 0.29) is 10.9 Å². The molecule has 0 spiro atoms. The Bertz CT molecular complexity index is 1270. The predicted octanol–water partition coefficient (Wildman–Crippen LogP) is 4.68. The van der Waals surface area contributed by atoms with E-state index in [1.165, 1.54) is 27.1 Å². The summed E-state index contributed by atoms with van der Waals surface area (Å²) < 4.78 is 14.5. The fraction of sp³-hybridized carbons (Fsp3) is 0.304. The van der Waals surface area contributed by atoms with Gasteiger partial charge in [0.1, 0.15) is 11.9 Å². The van der Waals surface area contributed by atoms with E-state index in [4.69, 9.17) is 16.6 Å². The number of fused-ring (bicyclic) bond motifs is 1. The Morgan fingerprint density at radius 2 is 2.09 bits per heavy atom. The maximum Gasteiger partial charge on any atom is 0.350 e. The molecule has 33 heavy (non-hydrogen) atoms. The van der Waals surface area contributed by atoms with Gasteiger partial charge in [0.05, 0.1) is 22.4 Å². The molecule has 1 atom stereocenters. The highest BCUT2D eigenvalue weighted by Crippen LogP contribution is 2.39. The maximum absolute atomic E-state index is 14.5. The largest absolute Gasteiger partial charge is 0.350 e. The molecule has 3 amide bonds. The van der Waals surface area contributed by atoms with Crippen molar-refractivity contribution in [1.29, 1.82) is 0 Å². The SMILES string of the molecule is CCCN=C1C(c2ccc(Cl)c(F)c2)N(c2ccc3[nH]cnc3c2)C(=O)N1N1CCCC1=O. The number of hydrogen-bond donors (Lipinski definition) is 1. The Labute approximate surface area is 194 Å². The summed E-state index contributed by atoms with van der Waals surface area (Å²) in [5, 5.41) is 2.80. The van der Waals surface area contributed by atoms with Gasteiger partial charge in [0.2, 0.25) is 5.91 Å². The van der Waals surface area contributed by atoms with Crippen LogP contribution < -0.4 is 4.90 Å². The molecular weight excluding hydrogens is 447 g/mol. The molecule has 5 rings (SSSR count). The van der Waals surface area contributed by atoms with Gasteiger partial charge in [0, 0.05) is 25.2 Å². The standard InChI is InChI=1S/C23H22ClFN6O2/c1-2-9-26-22-21(14-5-7-16(24)17(25)11-14)30(15-6-8-18-19(12-15)28-13-27-18)23(33)31(22)29-10-3-4-20(29)32/h5-8,11-13,21H,2-4,9-10H2,1H3,(H,27,28). The number of aromatic amines is 1. The molecule has 3 heterocycles. The van der Waals surface area contributed by atoms with Crippen LogP contribution in [0.15, 0.2) is 47.7 Å². The Morgan fingerprint density at radius 1 is 1.24 bits per heavy atom. The minimum absolute atomic E-state index is 0.00816. The lowest BCUT2D eigenvalue weighted by Gasteiger charge is -2.27. The molecule has 2 aliphatic heterocycles. The number of amidine groups is 1. The number of halogens is 2. The second-order valence-corrected chi connectivity index (χ2v) is 8.41. The highest BCUT2D eigenvalue weighted by Gasteiger charge is 2.49. The summed E-state index contributed by atoms with van der Waals surface area (Å²) in [6.07, 6.45) is 3.35. The number of hydrazine groups is 1. The van der Waals surface area contributed by atoms with Crippen molar-refractivity contribution in [3.63, 3.8) is 0 Å². The van der Waals surface area contributed by atoms with Gasteiger partial charge in [-0.05, 0) is 48.7 Å². The highest BCUT2D eigenvalue weighted by atomic mass is 35.5. The summed E-state index contributed by atoms with van der Waals surface area (Å²) in [4.78, 5) is 40.0. The molecule has 1 N–H and O–H groups in total. The van der Waals surface area contributed by atoms with Gasteiger partial charge in [-0.2, -0.15) is 5.01 Å². The topological polar surface area (TPSA) is 84.9 Å². The van der Waals surface area contributed by atoms with E-state index in [2.05, 4.69) is 9.97 Å². The Balaban J connectivity index is 1.70. The highest BCUT2D eigenvalue weighted by molar-refractivity contribution is 6.30. The molecule has 0 radical (unpaired) electrons. The number of H-pyrrole nitrogens is 1. The van der Waals surface area contributed by atoms with Gasteiger partial charge in [0.15, 0.2) is 5.84 Å². The van der Waals surface area contributed by atoms with E-state index >= 15 is 0 Å². The average Bonchev–Trinajstić information content (AvgIpc) is 3.51. The summed E-state index contributed by atoms with van der Waals surface area (Å²) in [5.41, 5.74) is 2.59. The zero-order valence-corrected chi connectivity index (χ0v) is 18.7. The molecule has 1 unspecified atom stereocenters. The van der Waals surface area contributed by atoms with Crippen LogP contribution in [0.3, 0.4) is 0 Å². The summed E-state index contributed by atoms with van der Waals surface area (Å²) in [5.74, 6) is -0.339. The third-order valence-corrected chi connectivity index (χ3v) is 6.14. The van der Waals surface area contributed by atoms with E-state index in [0.29, 0.717) is 48.5 Å². The molecule has 0 aliphatic carbocycles. The Kier molecular flexibility index (Phi) is 5.49. The number of benzene rings is 2. The van der Waals surface area contributed by atoms with Crippen molar-refractivity contribution >= 4 is 46.1 Å². The Morgan fingerprint density at radius 3 is 2.82 bits per heavy atom. The van der Waals surface area contributed by atoms with Crippen molar-refractivity contribution < 1.29 is 14.0 Å². The molecule has 2 fully saturated rings. The molecule has 170 valence electrons. The fourth-order valence-electron chi connectivity index (χ4n) is 4.30. The van der Waals surface area contributed by atoms with Crippen molar-refractivity contribution in [2.45, 2.75) is 32.2 Å². The summed E-state index contributed by atoms with van der Waals surface area (Å²) >= 11 is 5.93. The average molecular weight is 469 g/mol. The van der Waals surface area contributed by atoms with Gasteiger partial charge in [-0.1, -0.05) is 24.6 Å². The van der Waals surface area contributed by atoms with Crippen LogP contribution in [-0.2, 0) is 4.79 Å². The summed E-state index contributed by atoms with van der Waals surface area (Å²) in [6.45, 7) is 2.86. The first-order valence-electron chi connectivity index (χ1n) is 10.9. The number of hydrogen-bond acceptors (Lipinski definition) is 4. The maximum atomic E-state index is 14.5. The molecule has 0 bridgehead atoms. The Hall–Kier alpha value is -3.46. The van der Waals surface area contributed by atoms with Gasteiger partial charge in [-0.25, -0.2) is 19.2 Å². The normalized spacial score (nSPS) is 20.2. The van der Waals surface area contributed by atoms with E-state index in [9.17, 15) is 14.0 Å². The lowest BCUT2D eigenvalue weighted by atomic mass is 10.0. The van der Waals surface area contributed by atoms with Crippen molar-refractivity contribution in [2.24, 2.45) is 4.99 Å². The molecule has 8 nitrogen and oxygen atoms in total. The van der Waals surface area contributed by atoms with Crippen LogP contribution in [-0.4, -0.2) is 50.8 Å². The van der Waals surface area contributed by atoms with Gasteiger partial charge >= 0.3 is 6.03 Å². The first-order valence-corrected chi connectivity index (χ1v) is 11.2. The number of aliphatic imine (C=N–C) groups is 1. The lowest BCUT2D eigenvalue weighted by Crippen LogP contribution is -2.48. The quantitative estimate of drug-likeness (QED) is 0.589.